The van der Waals surface area contributed by atoms with Crippen molar-refractivity contribution in [2.45, 2.75) is 71.4 Å². The molecule has 4 nitrogen and oxygen atoms in total. The summed E-state index contributed by atoms with van der Waals surface area (Å²) in [5, 5.41) is 0. The molecule has 0 radical (unpaired) electrons. The molecule has 3 fully saturated rings. The van der Waals surface area contributed by atoms with Crippen molar-refractivity contribution in [3.63, 3.8) is 0 Å². The van der Waals surface area contributed by atoms with Crippen LogP contribution in [0.25, 0.3) is 0 Å². The van der Waals surface area contributed by atoms with E-state index >= 15 is 0 Å². The number of fused-ring (bicyclic) bond motifs is 7. The van der Waals surface area contributed by atoms with Gasteiger partial charge in [-0.3, -0.25) is 9.59 Å². The second-order valence-electron chi connectivity index (χ2n) is 9.86. The highest BCUT2D eigenvalue weighted by atomic mass is 16.5. The lowest BCUT2D eigenvalue weighted by atomic mass is 9.47. The molecular formula is C23H29NO3. The number of nitrogens with zero attached hydrogens (tertiary/aromatic N) is 1. The number of ketones is 2. The van der Waals surface area contributed by atoms with Gasteiger partial charge < -0.3 is 4.74 Å². The quantitative estimate of drug-likeness (QED) is 0.702. The summed E-state index contributed by atoms with van der Waals surface area (Å²) in [5.74, 6) is 2.51. The highest BCUT2D eigenvalue weighted by Gasteiger charge is 2.72. The van der Waals surface area contributed by atoms with Gasteiger partial charge in [0.25, 0.3) is 0 Å². The number of Topliss-reactive ketones (excluding diaryl/α,β-unsaturated/α-hetero) is 1. The summed E-state index contributed by atoms with van der Waals surface area (Å²) in [6, 6.07) is 0. The van der Waals surface area contributed by atoms with Crippen LogP contribution in [0.2, 0.25) is 0 Å². The van der Waals surface area contributed by atoms with Gasteiger partial charge in [-0.1, -0.05) is 25.5 Å². The zero-order chi connectivity index (χ0) is 19.2. The lowest BCUT2D eigenvalue weighted by Gasteiger charge is -2.57. The van der Waals surface area contributed by atoms with Gasteiger partial charge in [-0.2, -0.15) is 0 Å². The van der Waals surface area contributed by atoms with Crippen LogP contribution >= 0.6 is 0 Å². The summed E-state index contributed by atoms with van der Waals surface area (Å²) in [7, 11) is 0. The van der Waals surface area contributed by atoms with E-state index in [1.165, 1.54) is 5.57 Å². The van der Waals surface area contributed by atoms with Gasteiger partial charge in [0.15, 0.2) is 23.0 Å². The van der Waals surface area contributed by atoms with Crippen LogP contribution in [0, 0.1) is 28.6 Å². The van der Waals surface area contributed by atoms with Gasteiger partial charge in [-0.05, 0) is 68.9 Å². The number of rotatable bonds is 1. The largest absolute Gasteiger partial charge is 0.475 e. The van der Waals surface area contributed by atoms with Gasteiger partial charge in [0, 0.05) is 17.8 Å². The Morgan fingerprint density at radius 2 is 2.04 bits per heavy atom. The molecule has 144 valence electrons. The van der Waals surface area contributed by atoms with E-state index in [1.807, 2.05) is 13.0 Å². The fourth-order valence-electron chi connectivity index (χ4n) is 7.72. The molecule has 5 rings (SSSR count). The fraction of sp³-hybridized carbons (Fsp3) is 0.696. The number of allylic oxidation sites excluding steroid dienone is 4. The molecule has 5 unspecified atom stereocenters. The Morgan fingerprint density at radius 1 is 1.26 bits per heavy atom. The number of carbonyl (C=O) groups excluding carboxylic acids is 2. The van der Waals surface area contributed by atoms with E-state index < -0.39 is 5.54 Å². The third kappa shape index (κ3) is 1.92. The number of aliphatic imine (C=N–C) groups is 1. The molecular weight excluding hydrogens is 338 g/mol. The van der Waals surface area contributed by atoms with E-state index in [0.29, 0.717) is 23.7 Å². The molecule has 0 aromatic heterocycles. The average Bonchev–Trinajstić information content (AvgIpc) is 3.06. The fourth-order valence-corrected chi connectivity index (χ4v) is 7.72. The average molecular weight is 367 g/mol. The molecule has 7 atom stereocenters. The van der Waals surface area contributed by atoms with Crippen molar-refractivity contribution in [1.82, 2.24) is 0 Å². The van der Waals surface area contributed by atoms with Crippen LogP contribution < -0.4 is 0 Å². The maximum absolute atomic E-state index is 12.9. The van der Waals surface area contributed by atoms with Gasteiger partial charge in [0.05, 0.1) is 0 Å². The summed E-state index contributed by atoms with van der Waals surface area (Å²) < 4.78 is 6.09. The molecule has 0 spiro atoms. The van der Waals surface area contributed by atoms with Crippen molar-refractivity contribution < 1.29 is 14.3 Å². The first-order chi connectivity index (χ1) is 12.7. The Bertz CT molecular complexity index is 839. The molecule has 4 aliphatic carbocycles. The minimum atomic E-state index is -0.692. The Kier molecular flexibility index (Phi) is 3.36. The smallest absolute Gasteiger partial charge is 0.181 e. The number of hydrogen-bond acceptors (Lipinski definition) is 4. The van der Waals surface area contributed by atoms with E-state index in [-0.39, 0.29) is 28.5 Å². The second-order valence-corrected chi connectivity index (χ2v) is 9.86. The first kappa shape index (κ1) is 17.4. The molecule has 5 aliphatic rings. The standard InChI is InChI=1S/C23H29NO3/c1-13(25)23-20(27-14(2)24-23)12-19-17-6-5-15-11-16(26)7-9-21(15,3)18(17)8-10-22(19,23)4/h7,9,11,17-20H,5-6,8,10,12H2,1-4H3/t17?,18?,19?,20?,21-,22-,23?/m0/s1. The summed E-state index contributed by atoms with van der Waals surface area (Å²) in [6.07, 6.45) is 10.8. The molecule has 0 aromatic carbocycles. The molecule has 0 bridgehead atoms. The molecule has 4 heteroatoms. The minimum Gasteiger partial charge on any atom is -0.475 e. The Balaban J connectivity index is 1.57. The van der Waals surface area contributed by atoms with Crippen LogP contribution in [0.4, 0.5) is 0 Å². The van der Waals surface area contributed by atoms with E-state index in [1.54, 1.807) is 13.0 Å². The van der Waals surface area contributed by atoms with Gasteiger partial charge in [-0.25, -0.2) is 4.99 Å². The zero-order valence-electron chi connectivity index (χ0n) is 16.7. The van der Waals surface area contributed by atoms with Gasteiger partial charge >= 0.3 is 0 Å². The van der Waals surface area contributed by atoms with E-state index in [4.69, 9.17) is 9.73 Å². The molecule has 0 amide bonds. The monoisotopic (exact) mass is 367 g/mol. The molecule has 1 heterocycles. The summed E-state index contributed by atoms with van der Waals surface area (Å²) >= 11 is 0. The molecule has 1 aliphatic heterocycles. The predicted molar refractivity (Wildman–Crippen MR) is 103 cm³/mol. The number of carbonyl (C=O) groups is 2. The molecule has 27 heavy (non-hydrogen) atoms. The maximum atomic E-state index is 12.9. The van der Waals surface area contributed by atoms with Crippen LogP contribution in [0.3, 0.4) is 0 Å². The highest BCUT2D eigenvalue weighted by Crippen LogP contribution is 2.69. The van der Waals surface area contributed by atoms with Crippen LogP contribution in [-0.2, 0) is 14.3 Å². The van der Waals surface area contributed by atoms with Crippen molar-refractivity contribution in [1.29, 1.82) is 0 Å². The van der Waals surface area contributed by atoms with Crippen LogP contribution in [0.5, 0.6) is 0 Å². The summed E-state index contributed by atoms with van der Waals surface area (Å²) in [4.78, 5) is 29.7. The number of ether oxygens (including phenoxy) is 1. The normalized spacial score (nSPS) is 50.0. The maximum Gasteiger partial charge on any atom is 0.181 e. The van der Waals surface area contributed by atoms with Crippen LogP contribution in [0.15, 0.2) is 28.8 Å². The van der Waals surface area contributed by atoms with Crippen molar-refractivity contribution >= 4 is 17.5 Å². The predicted octanol–water partition coefficient (Wildman–Crippen LogP) is 4.05. The Hall–Kier alpha value is -1.71. The van der Waals surface area contributed by atoms with Gasteiger partial charge in [0.2, 0.25) is 0 Å². The third-order valence-electron chi connectivity index (χ3n) is 8.93. The first-order valence-electron chi connectivity index (χ1n) is 10.4. The zero-order valence-corrected chi connectivity index (χ0v) is 16.7. The van der Waals surface area contributed by atoms with Crippen molar-refractivity contribution in [2.24, 2.45) is 33.6 Å². The third-order valence-corrected chi connectivity index (χ3v) is 8.93. The van der Waals surface area contributed by atoms with Crippen molar-refractivity contribution in [3.05, 3.63) is 23.8 Å². The van der Waals surface area contributed by atoms with Crippen LogP contribution in [0.1, 0.15) is 59.8 Å². The van der Waals surface area contributed by atoms with Crippen molar-refractivity contribution in [3.8, 4) is 0 Å². The van der Waals surface area contributed by atoms with E-state index in [9.17, 15) is 9.59 Å². The van der Waals surface area contributed by atoms with Gasteiger partial charge in [0.1, 0.15) is 6.10 Å². The van der Waals surface area contributed by atoms with Crippen molar-refractivity contribution in [2.75, 3.05) is 0 Å². The lowest BCUT2D eigenvalue weighted by molar-refractivity contribution is -0.131. The van der Waals surface area contributed by atoms with E-state index in [0.717, 1.165) is 32.1 Å². The topological polar surface area (TPSA) is 55.7 Å². The molecule has 0 saturated heterocycles. The first-order valence-corrected chi connectivity index (χ1v) is 10.4. The minimum absolute atomic E-state index is 0.0146. The highest BCUT2D eigenvalue weighted by molar-refractivity contribution is 6.01. The second kappa shape index (κ2) is 5.21. The molecule has 0 aromatic rings. The van der Waals surface area contributed by atoms with Crippen LogP contribution in [-0.4, -0.2) is 29.1 Å². The van der Waals surface area contributed by atoms with E-state index in [2.05, 4.69) is 19.9 Å². The molecule has 0 N–H and O–H groups in total. The number of hydrogen-bond donors (Lipinski definition) is 0. The SMILES string of the molecule is CC(=O)C12N=C(C)OC1CC1C3CCC4=CC(=O)C=C[C@]4(C)C3CC[C@@]12C. The van der Waals surface area contributed by atoms with Gasteiger partial charge in [-0.15, -0.1) is 0 Å². The molecule has 3 saturated carbocycles. The summed E-state index contributed by atoms with van der Waals surface area (Å²) in [5.41, 5.74) is 0.472. The Morgan fingerprint density at radius 3 is 2.78 bits per heavy atom. The lowest BCUT2D eigenvalue weighted by Crippen LogP contribution is -2.57. The summed E-state index contributed by atoms with van der Waals surface area (Å²) in [6.45, 7) is 8.21. The Labute approximate surface area is 161 Å².